The molecule has 0 unspecified atom stereocenters. The summed E-state index contributed by atoms with van der Waals surface area (Å²) >= 11 is 1.13. The maximum absolute atomic E-state index is 12.6. The lowest BCUT2D eigenvalue weighted by atomic mass is 10.1. The Bertz CT molecular complexity index is 775. The van der Waals surface area contributed by atoms with Gasteiger partial charge in [0.2, 0.25) is 0 Å². The Morgan fingerprint density at radius 2 is 1.96 bits per heavy atom. The molecule has 0 saturated carbocycles. The largest absolute Gasteiger partial charge is 0.416 e. The van der Waals surface area contributed by atoms with Crippen LogP contribution in [0.1, 0.15) is 27.3 Å². The second-order valence-electron chi connectivity index (χ2n) is 5.14. The molecule has 0 fully saturated rings. The van der Waals surface area contributed by atoms with Crippen molar-refractivity contribution in [3.8, 4) is 16.6 Å². The molecule has 0 aliphatic heterocycles. The minimum atomic E-state index is -4.39. The maximum Gasteiger partial charge on any atom is 0.416 e. The first-order valence-corrected chi connectivity index (χ1v) is 7.83. The number of carbonyl (C=O) groups is 1. The first-order valence-electron chi connectivity index (χ1n) is 7.01. The highest BCUT2D eigenvalue weighted by molar-refractivity contribution is 7.17. The number of benzene rings is 1. The van der Waals surface area contributed by atoms with Crippen molar-refractivity contribution in [1.29, 1.82) is 5.26 Å². The normalized spacial score (nSPS) is 11.2. The van der Waals surface area contributed by atoms with E-state index in [-0.39, 0.29) is 12.3 Å². The van der Waals surface area contributed by atoms with Crippen LogP contribution in [0.15, 0.2) is 24.3 Å². The number of thiazole rings is 1. The lowest BCUT2D eigenvalue weighted by Gasteiger charge is -2.14. The molecule has 1 heterocycles. The van der Waals surface area contributed by atoms with Gasteiger partial charge in [-0.3, -0.25) is 4.79 Å². The summed E-state index contributed by atoms with van der Waals surface area (Å²) < 4.78 is 37.8. The van der Waals surface area contributed by atoms with Gasteiger partial charge in [0.25, 0.3) is 5.91 Å². The van der Waals surface area contributed by atoms with Crippen LogP contribution in [0, 0.1) is 18.3 Å². The molecule has 0 atom stereocenters. The summed E-state index contributed by atoms with van der Waals surface area (Å²) in [5.41, 5.74) is 0.311. The zero-order chi connectivity index (χ0) is 17.9. The van der Waals surface area contributed by atoms with Gasteiger partial charge in [-0.1, -0.05) is 12.1 Å². The Morgan fingerprint density at radius 1 is 1.33 bits per heavy atom. The minimum absolute atomic E-state index is 0.228. The number of hydrogen-bond acceptors (Lipinski definition) is 4. The minimum Gasteiger partial charge on any atom is -0.340 e. The number of rotatable bonds is 4. The van der Waals surface area contributed by atoms with E-state index in [0.29, 0.717) is 27.7 Å². The van der Waals surface area contributed by atoms with Crippen LogP contribution in [0.3, 0.4) is 0 Å². The van der Waals surface area contributed by atoms with Crippen LogP contribution >= 0.6 is 11.3 Å². The van der Waals surface area contributed by atoms with E-state index in [0.717, 1.165) is 23.5 Å². The molecule has 24 heavy (non-hydrogen) atoms. The monoisotopic (exact) mass is 353 g/mol. The fourth-order valence-corrected chi connectivity index (χ4v) is 3.08. The number of amides is 1. The van der Waals surface area contributed by atoms with E-state index in [1.165, 1.54) is 17.0 Å². The van der Waals surface area contributed by atoms with Gasteiger partial charge >= 0.3 is 6.18 Å². The van der Waals surface area contributed by atoms with E-state index in [1.807, 2.05) is 6.07 Å². The first-order chi connectivity index (χ1) is 11.2. The van der Waals surface area contributed by atoms with Crippen molar-refractivity contribution in [1.82, 2.24) is 9.88 Å². The number of halogens is 3. The number of aryl methyl sites for hydroxylation is 1. The molecule has 2 aromatic rings. The summed E-state index contributed by atoms with van der Waals surface area (Å²) in [6.45, 7) is 1.98. The average molecular weight is 353 g/mol. The third-order valence-electron chi connectivity index (χ3n) is 3.36. The molecular weight excluding hydrogens is 339 g/mol. The summed E-state index contributed by atoms with van der Waals surface area (Å²) in [6.07, 6.45) is -4.16. The Labute approximate surface area is 141 Å². The molecule has 126 valence electrons. The fourth-order valence-electron chi connectivity index (χ4n) is 2.01. The van der Waals surface area contributed by atoms with E-state index in [1.54, 1.807) is 14.0 Å². The molecule has 0 N–H and O–H groups in total. The number of aromatic nitrogens is 1. The highest BCUT2D eigenvalue weighted by Crippen LogP contribution is 2.33. The molecule has 4 nitrogen and oxygen atoms in total. The van der Waals surface area contributed by atoms with Crippen molar-refractivity contribution >= 4 is 17.2 Å². The SMILES string of the molecule is Cc1nc(-c2ccc(C(F)(F)F)cc2)sc1C(=O)N(C)CCC#N. The van der Waals surface area contributed by atoms with Crippen LogP contribution in [-0.2, 0) is 6.18 Å². The summed E-state index contributed by atoms with van der Waals surface area (Å²) in [5, 5.41) is 9.06. The van der Waals surface area contributed by atoms with Gasteiger partial charge in [-0.05, 0) is 19.1 Å². The molecule has 8 heteroatoms. The van der Waals surface area contributed by atoms with Crippen LogP contribution in [0.2, 0.25) is 0 Å². The van der Waals surface area contributed by atoms with Gasteiger partial charge in [0.05, 0.1) is 23.7 Å². The van der Waals surface area contributed by atoms with Crippen LogP contribution < -0.4 is 0 Å². The predicted octanol–water partition coefficient (Wildman–Crippen LogP) is 4.12. The lowest BCUT2D eigenvalue weighted by Crippen LogP contribution is -2.27. The van der Waals surface area contributed by atoms with Crippen LogP contribution in [0.5, 0.6) is 0 Å². The summed E-state index contributed by atoms with van der Waals surface area (Å²) in [6, 6.07) is 6.64. The lowest BCUT2D eigenvalue weighted by molar-refractivity contribution is -0.137. The zero-order valence-electron chi connectivity index (χ0n) is 13.0. The molecule has 1 aromatic heterocycles. The Hall–Kier alpha value is -2.40. The van der Waals surface area contributed by atoms with E-state index in [9.17, 15) is 18.0 Å². The van der Waals surface area contributed by atoms with E-state index in [2.05, 4.69) is 4.98 Å². The van der Waals surface area contributed by atoms with Crippen molar-refractivity contribution in [2.75, 3.05) is 13.6 Å². The summed E-state index contributed by atoms with van der Waals surface area (Å²) in [7, 11) is 1.59. The number of carbonyl (C=O) groups excluding carboxylic acids is 1. The molecule has 2 rings (SSSR count). The van der Waals surface area contributed by atoms with Crippen molar-refractivity contribution < 1.29 is 18.0 Å². The topological polar surface area (TPSA) is 57.0 Å². The zero-order valence-corrected chi connectivity index (χ0v) is 13.8. The number of alkyl halides is 3. The van der Waals surface area contributed by atoms with Gasteiger partial charge in [-0.2, -0.15) is 18.4 Å². The predicted molar refractivity (Wildman–Crippen MR) is 84.5 cm³/mol. The fraction of sp³-hybridized carbons (Fsp3) is 0.312. The molecule has 0 aliphatic rings. The third-order valence-corrected chi connectivity index (χ3v) is 4.55. The average Bonchev–Trinajstić information content (AvgIpc) is 2.93. The van der Waals surface area contributed by atoms with E-state index >= 15 is 0 Å². The number of hydrogen-bond donors (Lipinski definition) is 0. The standard InChI is InChI=1S/C16H14F3N3OS/c1-10-13(15(23)22(2)9-3-8-20)24-14(21-10)11-4-6-12(7-5-11)16(17,18)19/h4-7H,3,9H2,1-2H3. The summed E-state index contributed by atoms with van der Waals surface area (Å²) in [4.78, 5) is 18.5. The summed E-state index contributed by atoms with van der Waals surface area (Å²) in [5.74, 6) is -0.251. The van der Waals surface area contributed by atoms with Crippen LogP contribution in [0.25, 0.3) is 10.6 Å². The van der Waals surface area contributed by atoms with Gasteiger partial charge < -0.3 is 4.90 Å². The van der Waals surface area contributed by atoms with E-state index in [4.69, 9.17) is 5.26 Å². The third kappa shape index (κ3) is 3.92. The molecular formula is C16H14F3N3OS. The van der Waals surface area contributed by atoms with Crippen molar-refractivity contribution in [2.24, 2.45) is 0 Å². The molecule has 0 saturated heterocycles. The van der Waals surface area contributed by atoms with Gasteiger partial charge in [0, 0.05) is 19.2 Å². The number of nitrogens with zero attached hydrogens (tertiary/aromatic N) is 3. The molecule has 0 radical (unpaired) electrons. The molecule has 0 spiro atoms. The van der Waals surface area contributed by atoms with Crippen molar-refractivity contribution in [3.05, 3.63) is 40.4 Å². The van der Waals surface area contributed by atoms with Crippen molar-refractivity contribution in [3.63, 3.8) is 0 Å². The molecule has 0 bridgehead atoms. The second kappa shape index (κ2) is 7.01. The van der Waals surface area contributed by atoms with Gasteiger partial charge in [0.15, 0.2) is 0 Å². The van der Waals surface area contributed by atoms with E-state index < -0.39 is 11.7 Å². The highest BCUT2D eigenvalue weighted by Gasteiger charge is 2.30. The van der Waals surface area contributed by atoms with Crippen LogP contribution in [0.4, 0.5) is 13.2 Å². The molecule has 1 aromatic carbocycles. The van der Waals surface area contributed by atoms with Gasteiger partial charge in [0.1, 0.15) is 9.88 Å². The van der Waals surface area contributed by atoms with Gasteiger partial charge in [-0.25, -0.2) is 4.98 Å². The van der Waals surface area contributed by atoms with Crippen molar-refractivity contribution in [2.45, 2.75) is 19.5 Å². The molecule has 0 aliphatic carbocycles. The maximum atomic E-state index is 12.6. The number of nitriles is 1. The quantitative estimate of drug-likeness (QED) is 0.831. The Morgan fingerprint density at radius 3 is 2.50 bits per heavy atom. The Kier molecular flexibility index (Phi) is 5.24. The first kappa shape index (κ1) is 17.9. The Balaban J connectivity index is 2.25. The highest BCUT2D eigenvalue weighted by atomic mass is 32.1. The van der Waals surface area contributed by atoms with Crippen LogP contribution in [-0.4, -0.2) is 29.4 Å². The smallest absolute Gasteiger partial charge is 0.340 e. The van der Waals surface area contributed by atoms with Gasteiger partial charge in [-0.15, -0.1) is 11.3 Å². The molecule has 1 amide bonds. The second-order valence-corrected chi connectivity index (χ2v) is 6.14.